The standard InChI is InChI=1S/C81H99O4PS3/c1-4-7-10-13-16-19-28-43-70-58-64-79(65-59-70)87(73-46-31-22-32-47-73,74-48-33-23-34-49-74)83-86(82,84-88(75-50-35-24-36-51-75,76-52-37-25-38-53-76)80-66-60-71(61-67-80)44-29-20-17-14-11-8-5-2)85-89(77-54-39-26-40-55-77,78-56-41-27-42-57-78)81-68-62-72(63-69-81)45-30-21-18-15-12-9-6-3/h22-27,31-42,46-69H,4-21,28-30,43-45H2,1-3H3. The van der Waals surface area contributed by atoms with Gasteiger partial charge in [-0.2, -0.15) is 0 Å². The Hall–Kier alpha value is -5.86. The van der Waals surface area contributed by atoms with Crippen LogP contribution in [0.3, 0.4) is 0 Å². The lowest BCUT2D eigenvalue weighted by Crippen LogP contribution is -2.16. The van der Waals surface area contributed by atoms with E-state index in [0.29, 0.717) is 0 Å². The van der Waals surface area contributed by atoms with E-state index in [4.69, 9.17) is 11.9 Å². The Morgan fingerprint density at radius 1 is 0.225 bits per heavy atom. The van der Waals surface area contributed by atoms with Crippen LogP contribution in [-0.4, -0.2) is 0 Å². The van der Waals surface area contributed by atoms with Gasteiger partial charge in [0.1, 0.15) is 0 Å². The highest BCUT2D eigenvalue weighted by Gasteiger charge is 2.53. The topological polar surface area (TPSA) is 44.8 Å². The Morgan fingerprint density at radius 2 is 0.393 bits per heavy atom. The molecule has 0 radical (unpaired) electrons. The predicted molar refractivity (Wildman–Crippen MR) is 381 cm³/mol. The van der Waals surface area contributed by atoms with Gasteiger partial charge >= 0.3 is 7.82 Å². The molecular weight excluding hydrogens is 1160 g/mol. The summed E-state index contributed by atoms with van der Waals surface area (Å²) in [5.74, 6) is 0. The molecule has 9 aromatic rings. The maximum absolute atomic E-state index is 18.8. The molecule has 0 unspecified atom stereocenters. The lowest BCUT2D eigenvalue weighted by Gasteiger charge is -2.49. The highest BCUT2D eigenvalue weighted by Crippen LogP contribution is 2.88. The van der Waals surface area contributed by atoms with Crippen molar-refractivity contribution in [2.24, 2.45) is 0 Å². The summed E-state index contributed by atoms with van der Waals surface area (Å²) < 4.78 is 43.7. The van der Waals surface area contributed by atoms with Crippen LogP contribution in [0, 0.1) is 0 Å². The van der Waals surface area contributed by atoms with Crippen molar-refractivity contribution in [3.8, 4) is 0 Å². The molecule has 0 atom stereocenters. The van der Waals surface area contributed by atoms with Crippen molar-refractivity contribution in [2.75, 3.05) is 0 Å². The van der Waals surface area contributed by atoms with Crippen molar-refractivity contribution in [3.05, 3.63) is 271 Å². The van der Waals surface area contributed by atoms with Crippen molar-refractivity contribution in [1.29, 1.82) is 0 Å². The van der Waals surface area contributed by atoms with Gasteiger partial charge in [-0.05, 0) is 195 Å². The zero-order valence-corrected chi connectivity index (χ0v) is 56.9. The van der Waals surface area contributed by atoms with E-state index in [0.717, 1.165) is 82.6 Å². The Labute approximate surface area is 541 Å². The molecule has 0 aromatic heterocycles. The molecule has 0 aliphatic heterocycles. The average Bonchev–Trinajstić information content (AvgIpc) is 1.12. The first-order valence-electron chi connectivity index (χ1n) is 33.7. The minimum absolute atomic E-state index is 0.878. The summed E-state index contributed by atoms with van der Waals surface area (Å²) in [6.45, 7) is 6.84. The molecule has 8 heteroatoms. The molecule has 0 fully saturated rings. The maximum Gasteiger partial charge on any atom is 0.506 e. The summed E-state index contributed by atoms with van der Waals surface area (Å²) in [5.41, 5.74) is 3.81. The van der Waals surface area contributed by atoms with Crippen molar-refractivity contribution >= 4 is 38.7 Å². The first-order valence-corrected chi connectivity index (χ1v) is 39.8. The molecule has 0 heterocycles. The molecule has 9 aromatic carbocycles. The van der Waals surface area contributed by atoms with Gasteiger partial charge < -0.3 is 0 Å². The van der Waals surface area contributed by atoms with Crippen LogP contribution in [-0.2, 0) is 35.7 Å². The molecule has 0 aliphatic carbocycles. The number of unbranched alkanes of at least 4 members (excludes halogenated alkanes) is 18. The quantitative estimate of drug-likeness (QED) is 0.0284. The largest absolute Gasteiger partial charge is 0.506 e. The van der Waals surface area contributed by atoms with Crippen LogP contribution >= 0.6 is 38.7 Å². The van der Waals surface area contributed by atoms with Crippen LogP contribution in [0.2, 0.25) is 0 Å². The lowest BCUT2D eigenvalue weighted by molar-refractivity contribution is 0.333. The SMILES string of the molecule is CCCCCCCCCc1ccc(S(OP(=O)(OS(c2ccccc2)(c2ccccc2)c2ccc(CCCCCCCCC)cc2)OS(c2ccccc2)(c2ccccc2)c2ccc(CCCCCCCCC)cc2)(c2ccccc2)c2ccccc2)cc1. The van der Waals surface area contributed by atoms with Crippen molar-refractivity contribution < 1.29 is 16.5 Å². The second-order valence-corrected chi connectivity index (χ2v) is 34.0. The first kappa shape index (κ1) is 67.5. The maximum atomic E-state index is 18.8. The number of rotatable bonds is 39. The second-order valence-electron chi connectivity index (χ2n) is 23.8. The number of hydrogen-bond donors (Lipinski definition) is 0. The fraction of sp³-hybridized carbons (Fsp3) is 0.333. The minimum Gasteiger partial charge on any atom is -0.225 e. The minimum atomic E-state index is -5.10. The van der Waals surface area contributed by atoms with Crippen molar-refractivity contribution in [3.63, 3.8) is 0 Å². The molecule has 4 nitrogen and oxygen atoms in total. The Morgan fingerprint density at radius 3 is 0.584 bits per heavy atom. The molecule has 0 N–H and O–H groups in total. The molecule has 89 heavy (non-hydrogen) atoms. The van der Waals surface area contributed by atoms with E-state index in [-0.39, 0.29) is 0 Å². The van der Waals surface area contributed by atoms with Gasteiger partial charge in [0.05, 0.1) is 0 Å². The van der Waals surface area contributed by atoms with E-state index in [9.17, 15) is 0 Å². The highest BCUT2D eigenvalue weighted by molar-refractivity contribution is 8.35. The van der Waals surface area contributed by atoms with Gasteiger partial charge in [0, 0.05) is 44.1 Å². The van der Waals surface area contributed by atoms with Crippen LogP contribution in [0.1, 0.15) is 172 Å². The zero-order chi connectivity index (χ0) is 61.7. The summed E-state index contributed by atoms with van der Waals surface area (Å²) in [7, 11) is -14.2. The Bertz CT molecular complexity index is 2940. The summed E-state index contributed by atoms with van der Waals surface area (Å²) in [6, 6.07) is 89.7. The molecule has 0 saturated heterocycles. The van der Waals surface area contributed by atoms with Gasteiger partial charge in [-0.1, -0.05) is 282 Å². The van der Waals surface area contributed by atoms with Crippen molar-refractivity contribution in [1.82, 2.24) is 0 Å². The van der Waals surface area contributed by atoms with E-state index in [2.05, 4.69) is 239 Å². The molecular formula is C81H99O4PS3. The van der Waals surface area contributed by atoms with Gasteiger partial charge in [-0.15, -0.1) is 0 Å². The third-order valence-corrected chi connectivity index (χ3v) is 30.3. The second kappa shape index (κ2) is 35.7. The third kappa shape index (κ3) is 18.0. The van der Waals surface area contributed by atoms with E-state index >= 15 is 4.57 Å². The molecule has 0 amide bonds. The van der Waals surface area contributed by atoms with Gasteiger partial charge in [0.2, 0.25) is 0 Å². The molecule has 9 rings (SSSR count). The summed E-state index contributed by atoms with van der Waals surface area (Å²) in [6.07, 6.45) is 29.2. The van der Waals surface area contributed by atoms with Gasteiger partial charge in [-0.25, -0.2) is 16.5 Å². The molecule has 0 bridgehead atoms. The van der Waals surface area contributed by atoms with Crippen LogP contribution in [0.5, 0.6) is 0 Å². The molecule has 0 saturated carbocycles. The van der Waals surface area contributed by atoms with Gasteiger partial charge in [-0.3, -0.25) is 0 Å². The predicted octanol–water partition coefficient (Wildman–Crippen LogP) is 26.7. The summed E-state index contributed by atoms with van der Waals surface area (Å²) >= 11 is 0. The van der Waals surface area contributed by atoms with E-state index in [1.165, 1.54) is 132 Å². The third-order valence-electron chi connectivity index (χ3n) is 17.0. The normalized spacial score (nSPS) is 12.7. The van der Waals surface area contributed by atoms with E-state index in [1.54, 1.807) is 0 Å². The number of benzene rings is 9. The van der Waals surface area contributed by atoms with Crippen molar-refractivity contribution in [2.45, 2.75) is 219 Å². The molecule has 470 valence electrons. The average molecular weight is 1260 g/mol. The van der Waals surface area contributed by atoms with Crippen LogP contribution in [0.25, 0.3) is 0 Å². The van der Waals surface area contributed by atoms with Crippen LogP contribution < -0.4 is 0 Å². The number of hydrogen-bond acceptors (Lipinski definition) is 4. The summed E-state index contributed by atoms with van der Waals surface area (Å²) in [4.78, 5) is 7.96. The van der Waals surface area contributed by atoms with Gasteiger partial charge in [0.15, 0.2) is 0 Å². The molecule has 0 spiro atoms. The first-order chi connectivity index (χ1) is 43.9. The lowest BCUT2D eigenvalue weighted by atomic mass is 10.0. The highest BCUT2D eigenvalue weighted by atomic mass is 32.3. The summed E-state index contributed by atoms with van der Waals surface area (Å²) in [5, 5.41) is 0. The Balaban J connectivity index is 1.27. The van der Waals surface area contributed by atoms with E-state index in [1.807, 2.05) is 36.4 Å². The molecule has 0 aliphatic rings. The number of phosphoric acid groups is 1. The smallest absolute Gasteiger partial charge is 0.225 e. The van der Waals surface area contributed by atoms with Crippen LogP contribution in [0.4, 0.5) is 0 Å². The zero-order valence-electron chi connectivity index (χ0n) is 53.5. The Kier molecular flexibility index (Phi) is 27.1. The monoisotopic (exact) mass is 1260 g/mol. The fourth-order valence-corrected chi connectivity index (χ4v) is 26.7. The van der Waals surface area contributed by atoms with E-state index < -0.39 is 38.7 Å². The van der Waals surface area contributed by atoms with Crippen LogP contribution in [0.15, 0.2) is 299 Å². The number of aryl methyl sites for hydroxylation is 3. The van der Waals surface area contributed by atoms with Gasteiger partial charge in [0.25, 0.3) is 0 Å². The fourth-order valence-electron chi connectivity index (χ4n) is 12.1.